The Morgan fingerprint density at radius 3 is 2.32 bits per heavy atom. The minimum absolute atomic E-state index is 0.254. The van der Waals surface area contributed by atoms with Crippen molar-refractivity contribution in [1.29, 1.82) is 0 Å². The van der Waals surface area contributed by atoms with Crippen molar-refractivity contribution in [2.75, 3.05) is 19.5 Å². The molecule has 2 N–H and O–H groups in total. The molecule has 0 atom stereocenters. The average molecular weight is 398 g/mol. The highest BCUT2D eigenvalue weighted by molar-refractivity contribution is 6.30. The fourth-order valence-electron chi connectivity index (χ4n) is 3.09. The Morgan fingerprint density at radius 1 is 1.11 bits per heavy atom. The lowest BCUT2D eigenvalue weighted by atomic mass is 10.1. The third-order valence-electron chi connectivity index (χ3n) is 4.75. The fourth-order valence-corrected chi connectivity index (χ4v) is 3.22. The van der Waals surface area contributed by atoms with Gasteiger partial charge in [0.1, 0.15) is 17.2 Å². The molecule has 1 heterocycles. The number of benzene rings is 2. The molecule has 1 aromatic heterocycles. The zero-order valence-electron chi connectivity index (χ0n) is 15.6. The summed E-state index contributed by atoms with van der Waals surface area (Å²) < 4.78 is 10.5. The predicted octanol–water partition coefficient (Wildman–Crippen LogP) is 4.88. The zero-order valence-corrected chi connectivity index (χ0v) is 16.3. The number of anilines is 1. The highest BCUT2D eigenvalue weighted by atomic mass is 35.5. The molecule has 3 aromatic rings. The van der Waals surface area contributed by atoms with Crippen molar-refractivity contribution >= 4 is 23.2 Å². The molecule has 144 valence electrons. The Labute approximate surface area is 167 Å². The maximum Gasteiger partial charge on any atom is 0.256 e. The minimum atomic E-state index is -0.254. The van der Waals surface area contributed by atoms with Gasteiger partial charge < -0.3 is 14.8 Å². The molecule has 0 bridgehead atoms. The van der Waals surface area contributed by atoms with Crippen LogP contribution in [-0.4, -0.2) is 30.3 Å². The van der Waals surface area contributed by atoms with Crippen molar-refractivity contribution in [3.05, 3.63) is 58.7 Å². The molecule has 1 aliphatic carbocycles. The Morgan fingerprint density at radius 2 is 1.75 bits per heavy atom. The van der Waals surface area contributed by atoms with Crippen LogP contribution >= 0.6 is 11.6 Å². The first-order chi connectivity index (χ1) is 13.6. The summed E-state index contributed by atoms with van der Waals surface area (Å²) >= 11 is 6.00. The molecule has 1 amide bonds. The van der Waals surface area contributed by atoms with Crippen LogP contribution in [0.25, 0.3) is 11.3 Å². The van der Waals surface area contributed by atoms with Crippen molar-refractivity contribution < 1.29 is 14.3 Å². The van der Waals surface area contributed by atoms with E-state index in [1.165, 1.54) is 0 Å². The molecule has 6 nitrogen and oxygen atoms in total. The van der Waals surface area contributed by atoms with Crippen molar-refractivity contribution in [3.63, 3.8) is 0 Å². The molecule has 28 heavy (non-hydrogen) atoms. The molecule has 0 unspecified atom stereocenters. The van der Waals surface area contributed by atoms with Crippen LogP contribution in [-0.2, 0) is 0 Å². The summed E-state index contributed by atoms with van der Waals surface area (Å²) in [6, 6.07) is 12.5. The Kier molecular flexibility index (Phi) is 4.96. The number of methoxy groups -OCH3 is 2. The van der Waals surface area contributed by atoms with Gasteiger partial charge in [-0.25, -0.2) is 0 Å². The fraction of sp³-hybridized carbons (Fsp3) is 0.238. The maximum absolute atomic E-state index is 13.0. The first kappa shape index (κ1) is 18.4. The second-order valence-corrected chi connectivity index (χ2v) is 7.13. The number of aromatic amines is 1. The van der Waals surface area contributed by atoms with Crippen molar-refractivity contribution in [3.8, 4) is 22.8 Å². The highest BCUT2D eigenvalue weighted by Gasteiger charge is 2.31. The normalized spacial score (nSPS) is 13.2. The molecule has 1 saturated carbocycles. The van der Waals surface area contributed by atoms with Gasteiger partial charge >= 0.3 is 0 Å². The van der Waals surface area contributed by atoms with E-state index < -0.39 is 0 Å². The third-order valence-corrected chi connectivity index (χ3v) is 5.00. The van der Waals surface area contributed by atoms with Crippen LogP contribution in [0.4, 0.5) is 5.69 Å². The zero-order chi connectivity index (χ0) is 19.7. The summed E-state index contributed by atoms with van der Waals surface area (Å²) in [5, 5.41) is 11.2. The second-order valence-electron chi connectivity index (χ2n) is 6.70. The standard InChI is InChI=1S/C21H20ClN3O3/c1-27-16-9-14(10-17(11-16)28-2)21(26)23-20-18(12-3-4-12)24-25-19(20)13-5-7-15(22)8-6-13/h5-12H,3-4H2,1-2H3,(H,23,26)(H,24,25). The number of H-pyrrole nitrogens is 1. The summed E-state index contributed by atoms with van der Waals surface area (Å²) in [7, 11) is 3.10. The molecule has 1 aliphatic rings. The van der Waals surface area contributed by atoms with Crippen LogP contribution in [0.3, 0.4) is 0 Å². The first-order valence-electron chi connectivity index (χ1n) is 8.97. The van der Waals surface area contributed by atoms with Gasteiger partial charge in [0.25, 0.3) is 5.91 Å². The summed E-state index contributed by atoms with van der Waals surface area (Å²) in [6.45, 7) is 0. The molecular weight excluding hydrogens is 378 g/mol. The van der Waals surface area contributed by atoms with Gasteiger partial charge in [0.05, 0.1) is 25.6 Å². The quantitative estimate of drug-likeness (QED) is 0.621. The number of hydrogen-bond donors (Lipinski definition) is 2. The van der Waals surface area contributed by atoms with Crippen molar-refractivity contribution in [2.45, 2.75) is 18.8 Å². The number of ether oxygens (including phenoxy) is 2. The summed E-state index contributed by atoms with van der Waals surface area (Å²) in [5.74, 6) is 1.24. The van der Waals surface area contributed by atoms with Crippen LogP contribution in [0.5, 0.6) is 11.5 Å². The number of nitrogens with one attached hydrogen (secondary N) is 2. The van der Waals surface area contributed by atoms with Crippen LogP contribution < -0.4 is 14.8 Å². The largest absolute Gasteiger partial charge is 0.497 e. The Balaban J connectivity index is 1.70. The van der Waals surface area contributed by atoms with Gasteiger partial charge in [-0.1, -0.05) is 23.7 Å². The number of aromatic nitrogens is 2. The van der Waals surface area contributed by atoms with E-state index in [2.05, 4.69) is 15.5 Å². The monoisotopic (exact) mass is 397 g/mol. The lowest BCUT2D eigenvalue weighted by Gasteiger charge is -2.11. The third kappa shape index (κ3) is 3.68. The molecule has 2 aromatic carbocycles. The number of carbonyl (C=O) groups excluding carboxylic acids is 1. The predicted molar refractivity (Wildman–Crippen MR) is 109 cm³/mol. The van der Waals surface area contributed by atoms with Gasteiger partial charge in [0.2, 0.25) is 0 Å². The number of amides is 1. The van der Waals surface area contributed by atoms with Gasteiger partial charge in [0, 0.05) is 28.1 Å². The number of hydrogen-bond acceptors (Lipinski definition) is 4. The smallest absolute Gasteiger partial charge is 0.256 e. The highest BCUT2D eigenvalue weighted by Crippen LogP contribution is 2.45. The van der Waals surface area contributed by atoms with Crippen molar-refractivity contribution in [2.24, 2.45) is 0 Å². The first-order valence-corrected chi connectivity index (χ1v) is 9.35. The minimum Gasteiger partial charge on any atom is -0.497 e. The van der Waals surface area contributed by atoms with Gasteiger partial charge in [-0.15, -0.1) is 0 Å². The molecule has 0 aliphatic heterocycles. The van der Waals surface area contributed by atoms with E-state index in [0.29, 0.717) is 39.4 Å². The van der Waals surface area contributed by atoms with E-state index in [1.54, 1.807) is 44.6 Å². The van der Waals surface area contributed by atoms with E-state index in [0.717, 1.165) is 24.1 Å². The lowest BCUT2D eigenvalue weighted by molar-refractivity contribution is 0.102. The topological polar surface area (TPSA) is 76.2 Å². The van der Waals surface area contributed by atoms with Gasteiger partial charge in [-0.2, -0.15) is 5.10 Å². The van der Waals surface area contributed by atoms with Gasteiger partial charge in [-0.05, 0) is 37.1 Å². The number of halogens is 1. The molecule has 1 fully saturated rings. The maximum atomic E-state index is 13.0. The molecule has 0 spiro atoms. The molecule has 4 rings (SSSR count). The molecule has 0 radical (unpaired) electrons. The second kappa shape index (κ2) is 7.56. The molecular formula is C21H20ClN3O3. The van der Waals surface area contributed by atoms with Crippen LogP contribution in [0.15, 0.2) is 42.5 Å². The van der Waals surface area contributed by atoms with Crippen molar-refractivity contribution in [1.82, 2.24) is 10.2 Å². The van der Waals surface area contributed by atoms with Crippen LogP contribution in [0.1, 0.15) is 34.8 Å². The van der Waals surface area contributed by atoms with E-state index in [9.17, 15) is 4.79 Å². The Hall–Kier alpha value is -2.99. The SMILES string of the molecule is COc1cc(OC)cc(C(=O)Nc2c(-c3ccc(Cl)cc3)n[nH]c2C2CC2)c1. The number of carbonyl (C=O) groups is 1. The summed E-state index contributed by atoms with van der Waals surface area (Å²) in [4.78, 5) is 13.0. The summed E-state index contributed by atoms with van der Waals surface area (Å²) in [5.41, 5.74) is 3.68. The van der Waals surface area contributed by atoms with E-state index in [4.69, 9.17) is 21.1 Å². The van der Waals surface area contributed by atoms with E-state index >= 15 is 0 Å². The van der Waals surface area contributed by atoms with Gasteiger partial charge in [0.15, 0.2) is 0 Å². The number of nitrogens with zero attached hydrogens (tertiary/aromatic N) is 1. The van der Waals surface area contributed by atoms with E-state index in [-0.39, 0.29) is 5.91 Å². The van der Waals surface area contributed by atoms with E-state index in [1.807, 2.05) is 12.1 Å². The molecule has 7 heteroatoms. The van der Waals surface area contributed by atoms with Gasteiger partial charge in [-0.3, -0.25) is 9.89 Å². The Bertz CT molecular complexity index is 988. The lowest BCUT2D eigenvalue weighted by Crippen LogP contribution is -2.13. The number of rotatable bonds is 6. The average Bonchev–Trinajstić information content (AvgIpc) is 3.49. The van der Waals surface area contributed by atoms with Crippen LogP contribution in [0, 0.1) is 0 Å². The molecule has 0 saturated heterocycles. The van der Waals surface area contributed by atoms with Crippen LogP contribution in [0.2, 0.25) is 5.02 Å². The summed E-state index contributed by atoms with van der Waals surface area (Å²) in [6.07, 6.45) is 2.16.